The number of nitrogens with zero attached hydrogens (tertiary/aromatic N) is 1. The second kappa shape index (κ2) is 5.05. The Bertz CT molecular complexity index is 272. The second-order valence-electron chi connectivity index (χ2n) is 2.93. The Kier molecular flexibility index (Phi) is 4.00. The van der Waals surface area contributed by atoms with E-state index in [9.17, 15) is 4.79 Å². The van der Waals surface area contributed by atoms with Gasteiger partial charge in [0.2, 0.25) is 0 Å². The first-order chi connectivity index (χ1) is 6.20. The Morgan fingerprint density at radius 1 is 1.31 bits per heavy atom. The van der Waals surface area contributed by atoms with Crippen molar-refractivity contribution in [1.29, 1.82) is 0 Å². The van der Waals surface area contributed by atoms with Crippen molar-refractivity contribution in [1.82, 2.24) is 4.90 Å². The van der Waals surface area contributed by atoms with Crippen LogP contribution in [0.15, 0.2) is 30.3 Å². The molecule has 0 N–H and O–H groups in total. The number of benzene rings is 1. The predicted molar refractivity (Wildman–Crippen MR) is 55.0 cm³/mol. The summed E-state index contributed by atoms with van der Waals surface area (Å²) in [6.45, 7) is 0. The maximum absolute atomic E-state index is 11.3. The summed E-state index contributed by atoms with van der Waals surface area (Å²) >= 11 is 0.0465. The van der Waals surface area contributed by atoms with Crippen LogP contribution in [-0.2, 0) is 5.32 Å². The van der Waals surface area contributed by atoms with Crippen molar-refractivity contribution >= 4 is 19.8 Å². The van der Waals surface area contributed by atoms with Crippen LogP contribution in [0.4, 0.5) is 4.79 Å². The minimum absolute atomic E-state index is 0.0465. The van der Waals surface area contributed by atoms with Crippen LogP contribution in [0.1, 0.15) is 5.56 Å². The standard InChI is InChI=1S/C10H13NOSe/c1-11(2)10(12)13-8-9-6-4-3-5-7-9/h3-7H,8H2,1-2H3. The van der Waals surface area contributed by atoms with Gasteiger partial charge in [-0.2, -0.15) is 0 Å². The monoisotopic (exact) mass is 243 g/mol. The number of hydrogen-bond acceptors (Lipinski definition) is 1. The first-order valence-electron chi connectivity index (χ1n) is 4.08. The van der Waals surface area contributed by atoms with Gasteiger partial charge in [0.05, 0.1) is 0 Å². The molecule has 1 rings (SSSR count). The van der Waals surface area contributed by atoms with E-state index in [4.69, 9.17) is 0 Å². The molecule has 0 aliphatic heterocycles. The SMILES string of the molecule is CN(C)C(=O)[Se]Cc1ccccc1. The molecule has 0 bridgehead atoms. The molecular formula is C10H13NOSe. The van der Waals surface area contributed by atoms with E-state index >= 15 is 0 Å². The molecule has 70 valence electrons. The fourth-order valence-corrected chi connectivity index (χ4v) is 2.40. The summed E-state index contributed by atoms with van der Waals surface area (Å²) in [5, 5.41) is 0.894. The van der Waals surface area contributed by atoms with Gasteiger partial charge in [-0.15, -0.1) is 0 Å². The molecule has 13 heavy (non-hydrogen) atoms. The Hall–Kier alpha value is -0.791. The Morgan fingerprint density at radius 3 is 2.46 bits per heavy atom. The molecule has 0 radical (unpaired) electrons. The van der Waals surface area contributed by atoms with Gasteiger partial charge in [0.1, 0.15) is 0 Å². The van der Waals surface area contributed by atoms with Crippen LogP contribution < -0.4 is 0 Å². The number of carbonyl (C=O) groups is 1. The van der Waals surface area contributed by atoms with E-state index in [2.05, 4.69) is 12.1 Å². The Balaban J connectivity index is 2.40. The van der Waals surface area contributed by atoms with Crippen molar-refractivity contribution in [2.75, 3.05) is 14.1 Å². The van der Waals surface area contributed by atoms with Gasteiger partial charge in [0, 0.05) is 0 Å². The van der Waals surface area contributed by atoms with Gasteiger partial charge in [-0.05, 0) is 0 Å². The van der Waals surface area contributed by atoms with E-state index < -0.39 is 0 Å². The van der Waals surface area contributed by atoms with Crippen molar-refractivity contribution in [3.63, 3.8) is 0 Å². The van der Waals surface area contributed by atoms with Crippen molar-refractivity contribution in [3.05, 3.63) is 35.9 Å². The van der Waals surface area contributed by atoms with Crippen LogP contribution >= 0.6 is 0 Å². The molecule has 1 aromatic rings. The minimum atomic E-state index is 0.0465. The number of carbonyl (C=O) groups excluding carboxylic acids is 1. The molecule has 0 saturated carbocycles. The van der Waals surface area contributed by atoms with E-state index in [1.54, 1.807) is 19.0 Å². The third kappa shape index (κ3) is 3.62. The number of rotatable bonds is 3. The predicted octanol–water partition coefficient (Wildman–Crippen LogP) is 1.57. The van der Waals surface area contributed by atoms with Gasteiger partial charge >= 0.3 is 84.8 Å². The normalized spacial score (nSPS) is 9.69. The molecule has 0 fully saturated rings. The van der Waals surface area contributed by atoms with Crippen LogP contribution in [0, 0.1) is 0 Å². The van der Waals surface area contributed by atoms with E-state index in [1.165, 1.54) is 5.56 Å². The summed E-state index contributed by atoms with van der Waals surface area (Å²) in [7, 11) is 3.60. The average molecular weight is 242 g/mol. The van der Waals surface area contributed by atoms with Crippen LogP contribution in [-0.4, -0.2) is 38.8 Å². The van der Waals surface area contributed by atoms with Gasteiger partial charge in [-0.3, -0.25) is 0 Å². The third-order valence-electron chi connectivity index (χ3n) is 1.57. The summed E-state index contributed by atoms with van der Waals surface area (Å²) in [5.74, 6) is 0. The average Bonchev–Trinajstić information content (AvgIpc) is 2.15. The zero-order valence-corrected chi connectivity index (χ0v) is 9.57. The van der Waals surface area contributed by atoms with Gasteiger partial charge in [0.25, 0.3) is 0 Å². The summed E-state index contributed by atoms with van der Waals surface area (Å²) in [6, 6.07) is 10.1. The van der Waals surface area contributed by atoms with Gasteiger partial charge in [-0.25, -0.2) is 0 Å². The van der Waals surface area contributed by atoms with Crippen molar-refractivity contribution in [3.8, 4) is 0 Å². The molecule has 1 amide bonds. The molecule has 0 saturated heterocycles. The molecule has 0 aliphatic carbocycles. The first-order valence-corrected chi connectivity index (χ1v) is 6.15. The Morgan fingerprint density at radius 2 is 1.92 bits per heavy atom. The number of hydrogen-bond donors (Lipinski definition) is 0. The molecule has 0 aromatic heterocycles. The van der Waals surface area contributed by atoms with E-state index in [0.29, 0.717) is 0 Å². The molecule has 1 aromatic carbocycles. The zero-order valence-electron chi connectivity index (χ0n) is 7.86. The summed E-state index contributed by atoms with van der Waals surface area (Å²) in [6.07, 6.45) is 0. The van der Waals surface area contributed by atoms with Crippen molar-refractivity contribution < 1.29 is 4.79 Å². The molecule has 2 nitrogen and oxygen atoms in total. The van der Waals surface area contributed by atoms with Crippen molar-refractivity contribution in [2.45, 2.75) is 5.32 Å². The zero-order chi connectivity index (χ0) is 9.68. The molecule has 0 atom stereocenters. The summed E-state index contributed by atoms with van der Waals surface area (Å²) < 4.78 is 0. The fourth-order valence-electron chi connectivity index (χ4n) is 0.848. The van der Waals surface area contributed by atoms with Crippen LogP contribution in [0.25, 0.3) is 0 Å². The molecule has 3 heteroatoms. The van der Waals surface area contributed by atoms with Crippen LogP contribution in [0.3, 0.4) is 0 Å². The third-order valence-corrected chi connectivity index (χ3v) is 3.86. The molecule has 0 aliphatic rings. The van der Waals surface area contributed by atoms with E-state index in [0.717, 1.165) is 5.32 Å². The second-order valence-corrected chi connectivity index (χ2v) is 4.88. The van der Waals surface area contributed by atoms with Crippen LogP contribution in [0.5, 0.6) is 0 Å². The van der Waals surface area contributed by atoms with Gasteiger partial charge < -0.3 is 0 Å². The molecular weight excluding hydrogens is 229 g/mol. The van der Waals surface area contributed by atoms with Gasteiger partial charge in [0.15, 0.2) is 0 Å². The summed E-state index contributed by atoms with van der Waals surface area (Å²) in [4.78, 5) is 13.2. The molecule has 0 heterocycles. The summed E-state index contributed by atoms with van der Waals surface area (Å²) in [5.41, 5.74) is 1.25. The topological polar surface area (TPSA) is 20.3 Å². The van der Waals surface area contributed by atoms with Crippen LogP contribution in [0.2, 0.25) is 0 Å². The maximum atomic E-state index is 11.3. The number of amides is 1. The fraction of sp³-hybridized carbons (Fsp3) is 0.300. The van der Waals surface area contributed by atoms with Crippen molar-refractivity contribution in [2.24, 2.45) is 0 Å². The Labute approximate surface area is 85.1 Å². The quantitative estimate of drug-likeness (QED) is 0.737. The molecule has 0 spiro atoms. The molecule has 0 unspecified atom stereocenters. The van der Waals surface area contributed by atoms with Gasteiger partial charge in [-0.1, -0.05) is 0 Å². The van der Waals surface area contributed by atoms with E-state index in [-0.39, 0.29) is 19.8 Å². The first kappa shape index (κ1) is 10.3. The van der Waals surface area contributed by atoms with E-state index in [1.807, 2.05) is 18.2 Å².